The summed E-state index contributed by atoms with van der Waals surface area (Å²) in [5.74, 6) is -2.84. The van der Waals surface area contributed by atoms with Gasteiger partial charge in [0.15, 0.2) is 11.5 Å². The Morgan fingerprint density at radius 2 is 1.38 bits per heavy atom. The number of phenols is 1. The minimum Gasteiger partial charge on any atom is -0.502 e. The highest BCUT2D eigenvalue weighted by Gasteiger charge is 2.19. The van der Waals surface area contributed by atoms with E-state index in [1.165, 1.54) is 20.3 Å². The van der Waals surface area contributed by atoms with Crippen LogP contribution in [-0.2, 0) is 22.7 Å². The molecule has 3 N–H and O–H groups in total. The number of carboxylic acids is 2. The first-order chi connectivity index (χ1) is 16.1. The lowest BCUT2D eigenvalue weighted by molar-refractivity contribution is -0.384. The highest BCUT2D eigenvalue weighted by Crippen LogP contribution is 2.37. The van der Waals surface area contributed by atoms with Crippen molar-refractivity contribution < 1.29 is 39.3 Å². The summed E-state index contributed by atoms with van der Waals surface area (Å²) in [7, 11) is 3.04. The van der Waals surface area contributed by atoms with Crippen LogP contribution in [0.4, 0.5) is 5.69 Å². The van der Waals surface area contributed by atoms with Crippen molar-refractivity contribution in [2.75, 3.05) is 40.4 Å². The molecule has 2 aromatic carbocycles. The maximum atomic E-state index is 10.9. The molecule has 0 unspecified atom stereocenters. The number of methoxy groups -OCH3 is 2. The summed E-state index contributed by atoms with van der Waals surface area (Å²) in [6.07, 6.45) is 0. The molecule has 1 aliphatic rings. The molecule has 12 nitrogen and oxygen atoms in total. The molecule has 0 atom stereocenters. The predicted octanol–water partition coefficient (Wildman–Crippen LogP) is 1.79. The number of phenolic OH excluding ortho intramolecular Hbond substituents is 1. The predicted molar refractivity (Wildman–Crippen MR) is 120 cm³/mol. The third-order valence-electron chi connectivity index (χ3n) is 5.12. The quantitative estimate of drug-likeness (QED) is 0.303. The molecular formula is C22H27N3O9. The minimum atomic E-state index is -1.82. The van der Waals surface area contributed by atoms with Gasteiger partial charge in [0, 0.05) is 51.4 Å². The lowest BCUT2D eigenvalue weighted by Gasteiger charge is -2.34. The van der Waals surface area contributed by atoms with E-state index in [0.717, 1.165) is 43.9 Å². The summed E-state index contributed by atoms with van der Waals surface area (Å²) in [6, 6.07) is 10.5. The minimum absolute atomic E-state index is 0.00974. The Kier molecular flexibility index (Phi) is 9.59. The average molecular weight is 477 g/mol. The molecule has 12 heteroatoms. The van der Waals surface area contributed by atoms with Gasteiger partial charge in [0.1, 0.15) is 0 Å². The van der Waals surface area contributed by atoms with E-state index in [1.807, 2.05) is 18.2 Å². The summed E-state index contributed by atoms with van der Waals surface area (Å²) in [5.41, 5.74) is 2.10. The molecule has 0 bridgehead atoms. The highest BCUT2D eigenvalue weighted by molar-refractivity contribution is 6.27. The van der Waals surface area contributed by atoms with Gasteiger partial charge in [-0.2, -0.15) is 0 Å². The van der Waals surface area contributed by atoms with Gasteiger partial charge in [-0.1, -0.05) is 12.1 Å². The molecule has 1 aliphatic heterocycles. The van der Waals surface area contributed by atoms with E-state index >= 15 is 0 Å². The van der Waals surface area contributed by atoms with Crippen LogP contribution in [0.3, 0.4) is 0 Å². The van der Waals surface area contributed by atoms with Crippen molar-refractivity contribution in [1.82, 2.24) is 9.80 Å². The molecule has 1 heterocycles. The number of ether oxygens (including phenoxy) is 2. The summed E-state index contributed by atoms with van der Waals surface area (Å²) < 4.78 is 10.4. The van der Waals surface area contributed by atoms with Crippen LogP contribution in [0, 0.1) is 10.1 Å². The molecule has 0 aliphatic carbocycles. The van der Waals surface area contributed by atoms with Gasteiger partial charge >= 0.3 is 11.9 Å². The van der Waals surface area contributed by atoms with Crippen LogP contribution in [-0.4, -0.2) is 82.4 Å². The molecular weight excluding hydrogens is 450 g/mol. The molecule has 1 fully saturated rings. The van der Waals surface area contributed by atoms with Gasteiger partial charge in [-0.15, -0.1) is 0 Å². The van der Waals surface area contributed by atoms with Crippen LogP contribution in [0.5, 0.6) is 17.2 Å². The fourth-order valence-corrected chi connectivity index (χ4v) is 3.43. The van der Waals surface area contributed by atoms with Gasteiger partial charge in [0.05, 0.1) is 19.1 Å². The van der Waals surface area contributed by atoms with Crippen molar-refractivity contribution >= 4 is 17.6 Å². The summed E-state index contributed by atoms with van der Waals surface area (Å²) in [4.78, 5) is 33.4. The summed E-state index contributed by atoms with van der Waals surface area (Å²) in [6.45, 7) is 4.99. The summed E-state index contributed by atoms with van der Waals surface area (Å²) in [5, 5.41) is 35.7. The molecule has 0 saturated carbocycles. The number of carbonyl (C=O) groups is 2. The largest absolute Gasteiger partial charge is 0.502 e. The first-order valence-electron chi connectivity index (χ1n) is 10.2. The zero-order valence-electron chi connectivity index (χ0n) is 18.8. The Labute approximate surface area is 195 Å². The van der Waals surface area contributed by atoms with Crippen molar-refractivity contribution in [2.24, 2.45) is 0 Å². The maximum Gasteiger partial charge on any atom is 0.414 e. The SMILES string of the molecule is COc1cc(CN2CCN(Cc3cccc([N+](=O)[O-])c3)CC2)cc(OC)c1O.O=C(O)C(=O)O. The number of rotatable bonds is 7. The Bertz CT molecular complexity index is 983. The number of nitro groups is 1. The van der Waals surface area contributed by atoms with E-state index in [4.69, 9.17) is 29.3 Å². The van der Waals surface area contributed by atoms with Crippen LogP contribution in [0.2, 0.25) is 0 Å². The van der Waals surface area contributed by atoms with E-state index in [0.29, 0.717) is 18.0 Å². The average Bonchev–Trinajstić information content (AvgIpc) is 2.81. The molecule has 0 amide bonds. The zero-order valence-corrected chi connectivity index (χ0v) is 18.8. The first kappa shape index (κ1) is 26.4. The van der Waals surface area contributed by atoms with Crippen molar-refractivity contribution in [1.29, 1.82) is 0 Å². The van der Waals surface area contributed by atoms with Gasteiger partial charge in [0.2, 0.25) is 5.75 Å². The highest BCUT2D eigenvalue weighted by atomic mass is 16.6. The zero-order chi connectivity index (χ0) is 25.3. The number of aromatic hydroxyl groups is 1. The van der Waals surface area contributed by atoms with E-state index < -0.39 is 11.9 Å². The van der Waals surface area contributed by atoms with Crippen LogP contribution in [0.15, 0.2) is 36.4 Å². The van der Waals surface area contributed by atoms with Crippen LogP contribution < -0.4 is 9.47 Å². The normalized spacial score (nSPS) is 13.9. The lowest BCUT2D eigenvalue weighted by atomic mass is 10.1. The lowest BCUT2D eigenvalue weighted by Crippen LogP contribution is -2.45. The van der Waals surface area contributed by atoms with Crippen molar-refractivity contribution in [3.63, 3.8) is 0 Å². The monoisotopic (exact) mass is 477 g/mol. The molecule has 0 radical (unpaired) electrons. The summed E-state index contributed by atoms with van der Waals surface area (Å²) >= 11 is 0. The first-order valence-corrected chi connectivity index (χ1v) is 10.2. The number of hydrogen-bond acceptors (Lipinski definition) is 9. The third kappa shape index (κ3) is 7.60. The molecule has 184 valence electrons. The number of aliphatic carboxylic acids is 2. The van der Waals surface area contributed by atoms with E-state index in [2.05, 4.69) is 9.80 Å². The maximum absolute atomic E-state index is 10.9. The molecule has 0 aromatic heterocycles. The number of carboxylic acid groups (broad SMARTS) is 2. The molecule has 34 heavy (non-hydrogen) atoms. The van der Waals surface area contributed by atoms with Crippen LogP contribution >= 0.6 is 0 Å². The molecule has 1 saturated heterocycles. The second-order valence-electron chi connectivity index (χ2n) is 7.44. The molecule has 3 rings (SSSR count). The number of non-ortho nitro benzene ring substituents is 1. The smallest absolute Gasteiger partial charge is 0.414 e. The molecule has 0 spiro atoms. The second-order valence-corrected chi connectivity index (χ2v) is 7.44. The fraction of sp³-hybridized carbons (Fsp3) is 0.364. The van der Waals surface area contributed by atoms with Crippen molar-refractivity contribution in [3.05, 3.63) is 57.6 Å². The fourth-order valence-electron chi connectivity index (χ4n) is 3.43. The Morgan fingerprint density at radius 3 is 1.79 bits per heavy atom. The van der Waals surface area contributed by atoms with Gasteiger partial charge in [-0.3, -0.25) is 19.9 Å². The Hall–Kier alpha value is -3.90. The van der Waals surface area contributed by atoms with Crippen LogP contribution in [0.1, 0.15) is 11.1 Å². The Balaban J connectivity index is 0.000000604. The van der Waals surface area contributed by atoms with Crippen LogP contribution in [0.25, 0.3) is 0 Å². The standard InChI is InChI=1S/C20H25N3O5.C2H2O4/c1-27-18-11-16(12-19(28-2)20(18)24)14-22-8-6-21(7-9-22)13-15-4-3-5-17(10-15)23(25)26;3-1(4)2(5)6/h3-5,10-12,24H,6-9,13-14H2,1-2H3;(H,3,4)(H,5,6). The second kappa shape index (κ2) is 12.4. The van der Waals surface area contributed by atoms with Gasteiger partial charge in [-0.25, -0.2) is 9.59 Å². The van der Waals surface area contributed by atoms with E-state index in [1.54, 1.807) is 12.1 Å². The third-order valence-corrected chi connectivity index (χ3v) is 5.12. The van der Waals surface area contributed by atoms with Crippen molar-refractivity contribution in [2.45, 2.75) is 13.1 Å². The van der Waals surface area contributed by atoms with E-state index in [9.17, 15) is 15.2 Å². The van der Waals surface area contributed by atoms with Gasteiger partial charge in [0.25, 0.3) is 5.69 Å². The van der Waals surface area contributed by atoms with Gasteiger partial charge < -0.3 is 24.8 Å². The number of nitrogens with zero attached hydrogens (tertiary/aromatic N) is 3. The Morgan fingerprint density at radius 1 is 0.912 bits per heavy atom. The topological polar surface area (TPSA) is 163 Å². The molecule has 2 aromatic rings. The number of benzene rings is 2. The van der Waals surface area contributed by atoms with Gasteiger partial charge in [-0.05, 0) is 23.3 Å². The van der Waals surface area contributed by atoms with E-state index in [-0.39, 0.29) is 16.4 Å². The number of piperazine rings is 1. The number of nitro benzene ring substituents is 1. The van der Waals surface area contributed by atoms with Crippen molar-refractivity contribution in [3.8, 4) is 17.2 Å². The number of hydrogen-bond donors (Lipinski definition) is 3.